The summed E-state index contributed by atoms with van der Waals surface area (Å²) >= 11 is 1.29. The Hall–Kier alpha value is -4.76. The van der Waals surface area contributed by atoms with Crippen LogP contribution >= 0.6 is 11.3 Å². The van der Waals surface area contributed by atoms with Crippen LogP contribution in [-0.4, -0.2) is 78.8 Å². The summed E-state index contributed by atoms with van der Waals surface area (Å²) in [5.74, 6) is -5.57. The zero-order valence-corrected chi connectivity index (χ0v) is 27.1. The third kappa shape index (κ3) is 7.21. The van der Waals surface area contributed by atoms with Crippen LogP contribution in [0.4, 0.5) is 13.2 Å². The van der Waals surface area contributed by atoms with Gasteiger partial charge in [-0.05, 0) is 36.2 Å². The Labute approximate surface area is 279 Å². The van der Waals surface area contributed by atoms with E-state index >= 15 is 4.39 Å². The molecule has 2 aromatic carbocycles. The van der Waals surface area contributed by atoms with Gasteiger partial charge in [-0.15, -0.1) is 11.3 Å². The van der Waals surface area contributed by atoms with Gasteiger partial charge in [-0.1, -0.05) is 30.3 Å². The van der Waals surface area contributed by atoms with Gasteiger partial charge >= 0.3 is 0 Å². The normalized spacial score (nSPS) is 19.6. The number of nitrogen functional groups attached to an aromatic ring is 1. The second kappa shape index (κ2) is 13.8. The van der Waals surface area contributed by atoms with Gasteiger partial charge in [0, 0.05) is 65.5 Å². The Kier molecular flexibility index (Phi) is 9.91. The van der Waals surface area contributed by atoms with Crippen LogP contribution in [0.1, 0.15) is 58.2 Å². The average molecular weight is 684 g/mol. The molecule has 4 amide bonds. The highest BCUT2D eigenvalue weighted by atomic mass is 32.1. The molecule has 48 heavy (non-hydrogen) atoms. The molecule has 2 heterocycles. The number of fused-ring (bicyclic) bond motifs is 3. The van der Waals surface area contributed by atoms with Crippen molar-refractivity contribution in [3.05, 3.63) is 81.0 Å². The number of nitrogens with zero attached hydrogens (tertiary/aromatic N) is 1. The van der Waals surface area contributed by atoms with Crippen molar-refractivity contribution >= 4 is 40.8 Å². The minimum Gasteiger partial charge on any atom is -0.384 e. The predicted molar refractivity (Wildman–Crippen MR) is 175 cm³/mol. The van der Waals surface area contributed by atoms with Gasteiger partial charge in [-0.3, -0.25) is 24.6 Å². The predicted octanol–water partition coefficient (Wildman–Crippen LogP) is 2.79. The van der Waals surface area contributed by atoms with E-state index in [0.29, 0.717) is 16.0 Å². The van der Waals surface area contributed by atoms with Crippen LogP contribution in [0.2, 0.25) is 0 Å². The molecule has 11 nitrogen and oxygen atoms in total. The van der Waals surface area contributed by atoms with Crippen molar-refractivity contribution in [3.8, 4) is 11.1 Å². The number of halogens is 3. The van der Waals surface area contributed by atoms with Crippen LogP contribution in [0.5, 0.6) is 0 Å². The van der Waals surface area contributed by atoms with E-state index in [1.54, 1.807) is 30.5 Å². The summed E-state index contributed by atoms with van der Waals surface area (Å²) in [5.41, 5.74) is 4.27. The maximum atomic E-state index is 16.1. The quantitative estimate of drug-likeness (QED) is 0.0975. The number of carbonyl (C=O) groups excluding carboxylic acids is 4. The Morgan fingerprint density at radius 1 is 1.02 bits per heavy atom. The summed E-state index contributed by atoms with van der Waals surface area (Å²) in [4.78, 5) is 53.0. The number of hydrogen-bond donors (Lipinski definition) is 6. The number of amidine groups is 1. The number of amides is 4. The molecule has 1 aliphatic carbocycles. The van der Waals surface area contributed by atoms with E-state index in [-0.39, 0.29) is 60.1 Å². The summed E-state index contributed by atoms with van der Waals surface area (Å²) in [5, 5.41) is 20.1. The summed E-state index contributed by atoms with van der Waals surface area (Å²) in [7, 11) is 0. The fraction of sp³-hybridized carbons (Fsp3) is 0.364. The third-order valence-electron chi connectivity index (χ3n) is 8.42. The molecular weight excluding hydrogens is 647 g/mol. The van der Waals surface area contributed by atoms with Crippen LogP contribution in [0, 0.1) is 5.41 Å². The van der Waals surface area contributed by atoms with E-state index < -0.39 is 54.5 Å². The summed E-state index contributed by atoms with van der Waals surface area (Å²) in [6.45, 7) is 2.40. The highest BCUT2D eigenvalue weighted by Crippen LogP contribution is 2.50. The Morgan fingerprint density at radius 3 is 2.46 bits per heavy atom. The molecule has 1 aromatic heterocycles. The summed E-state index contributed by atoms with van der Waals surface area (Å²) < 4.78 is 46.1. The van der Waals surface area contributed by atoms with Gasteiger partial charge in [-0.2, -0.15) is 8.78 Å². The number of likely N-dealkylation sites (tertiary alicyclic amines) is 1. The maximum absolute atomic E-state index is 16.1. The molecule has 3 atom stereocenters. The smallest absolute Gasteiger partial charge is 0.299 e. The SMILES string of the molecule is CC(=O)NCCNC[C@@]1(F)C[C@@H](C(=O)NC(C)c2cc(C(=N)N)cs2)N(C(=O)CNC(=O)c2ccc3c(c2)-c2ccccc2C3(F)F)C1. The first-order valence-corrected chi connectivity index (χ1v) is 16.2. The minimum atomic E-state index is -3.21. The molecule has 3 aromatic rings. The number of nitrogens with one attached hydrogen (secondary N) is 5. The van der Waals surface area contributed by atoms with Gasteiger partial charge in [-0.25, -0.2) is 4.39 Å². The Bertz CT molecular complexity index is 1770. The number of rotatable bonds is 12. The molecule has 7 N–H and O–H groups in total. The topological polar surface area (TPSA) is 170 Å². The van der Waals surface area contributed by atoms with Gasteiger partial charge in [0.1, 0.15) is 17.5 Å². The number of nitrogens with two attached hydrogens (primary N) is 1. The molecule has 1 saturated heterocycles. The van der Waals surface area contributed by atoms with Gasteiger partial charge < -0.3 is 31.9 Å². The van der Waals surface area contributed by atoms with Crippen molar-refractivity contribution in [2.75, 3.05) is 32.7 Å². The zero-order chi connectivity index (χ0) is 34.8. The molecule has 254 valence electrons. The molecular formula is C33H36F3N7O4S. The molecule has 15 heteroatoms. The number of hydrogen-bond acceptors (Lipinski definition) is 7. The van der Waals surface area contributed by atoms with Gasteiger partial charge in [0.2, 0.25) is 17.7 Å². The largest absolute Gasteiger partial charge is 0.384 e. The van der Waals surface area contributed by atoms with E-state index in [2.05, 4.69) is 21.3 Å². The molecule has 0 saturated carbocycles. The average Bonchev–Trinajstić information content (AvgIpc) is 3.74. The maximum Gasteiger partial charge on any atom is 0.299 e. The first-order chi connectivity index (χ1) is 22.7. The van der Waals surface area contributed by atoms with E-state index in [0.717, 1.165) is 4.90 Å². The second-order valence-electron chi connectivity index (χ2n) is 12.0. The van der Waals surface area contributed by atoms with Gasteiger partial charge in [0.05, 0.1) is 19.1 Å². The van der Waals surface area contributed by atoms with Crippen LogP contribution in [-0.2, 0) is 20.3 Å². The van der Waals surface area contributed by atoms with Crippen molar-refractivity contribution < 1.29 is 32.3 Å². The van der Waals surface area contributed by atoms with Gasteiger partial charge in [0.15, 0.2) is 0 Å². The number of alkyl halides is 3. The van der Waals surface area contributed by atoms with Crippen LogP contribution in [0.25, 0.3) is 11.1 Å². The second-order valence-corrected chi connectivity index (χ2v) is 12.9. The number of carbonyl (C=O) groups is 4. The van der Waals surface area contributed by atoms with Crippen molar-refractivity contribution in [2.24, 2.45) is 5.73 Å². The molecule has 5 rings (SSSR count). The van der Waals surface area contributed by atoms with Crippen LogP contribution in [0.3, 0.4) is 0 Å². The fourth-order valence-corrected chi connectivity index (χ4v) is 6.90. The van der Waals surface area contributed by atoms with E-state index in [1.807, 2.05) is 0 Å². The lowest BCUT2D eigenvalue weighted by molar-refractivity contribution is -0.138. The first kappa shape index (κ1) is 34.6. The molecule has 2 aliphatic rings. The van der Waals surface area contributed by atoms with Crippen molar-refractivity contribution in [3.63, 3.8) is 0 Å². The molecule has 1 aliphatic heterocycles. The monoisotopic (exact) mass is 683 g/mol. The highest BCUT2D eigenvalue weighted by Gasteiger charge is 2.49. The Morgan fingerprint density at radius 2 is 1.75 bits per heavy atom. The minimum absolute atomic E-state index is 0.0580. The molecule has 0 spiro atoms. The van der Waals surface area contributed by atoms with Gasteiger partial charge in [0.25, 0.3) is 11.8 Å². The molecule has 1 fully saturated rings. The molecule has 0 bridgehead atoms. The fourth-order valence-electron chi connectivity index (χ4n) is 5.98. The standard InChI is InChI=1S/C33H36F3N7O4S/c1-18(27-12-21(15-48-27)29(37)38)42-31(47)26-13-32(34,16-39-9-10-40-19(2)44)17-43(26)28(45)14-41-30(46)20-7-8-25-23(11-20)22-5-3-4-6-24(22)33(25,35)36/h3-8,11-12,15,18,26,39H,9-10,13-14,16-17H2,1-2H3,(H3,37,38)(H,40,44)(H,41,46)(H,42,47)/t18?,26-,32-/m0/s1. The number of thiophene rings is 1. The molecule has 1 unspecified atom stereocenters. The van der Waals surface area contributed by atoms with E-state index in [1.165, 1.54) is 48.6 Å². The lowest BCUT2D eigenvalue weighted by Gasteiger charge is -2.25. The summed E-state index contributed by atoms with van der Waals surface area (Å²) in [6.07, 6.45) is -0.319. The van der Waals surface area contributed by atoms with E-state index in [4.69, 9.17) is 11.1 Å². The lowest BCUT2D eigenvalue weighted by Crippen LogP contribution is -2.49. The first-order valence-electron chi connectivity index (χ1n) is 15.3. The number of benzene rings is 2. The third-order valence-corrected chi connectivity index (χ3v) is 9.54. The zero-order valence-electron chi connectivity index (χ0n) is 26.3. The lowest BCUT2D eigenvalue weighted by atomic mass is 10.0. The van der Waals surface area contributed by atoms with Crippen LogP contribution in [0.15, 0.2) is 53.9 Å². The van der Waals surface area contributed by atoms with Crippen LogP contribution < -0.4 is 27.0 Å². The Balaban J connectivity index is 1.28. The highest BCUT2D eigenvalue weighted by molar-refractivity contribution is 7.10. The van der Waals surface area contributed by atoms with Crippen molar-refractivity contribution in [1.82, 2.24) is 26.2 Å². The van der Waals surface area contributed by atoms with Crippen molar-refractivity contribution in [1.29, 1.82) is 5.41 Å². The van der Waals surface area contributed by atoms with Crippen molar-refractivity contribution in [2.45, 2.75) is 43.9 Å². The molecule has 0 radical (unpaired) electrons. The summed E-state index contributed by atoms with van der Waals surface area (Å²) in [6, 6.07) is 9.77. The van der Waals surface area contributed by atoms with E-state index in [9.17, 15) is 28.0 Å².